The van der Waals surface area contributed by atoms with E-state index in [1.807, 2.05) is 13.8 Å². The van der Waals surface area contributed by atoms with E-state index in [9.17, 15) is 4.79 Å². The summed E-state index contributed by atoms with van der Waals surface area (Å²) in [6, 6.07) is 0. The van der Waals surface area contributed by atoms with Crippen LogP contribution in [0, 0.1) is 5.41 Å². The summed E-state index contributed by atoms with van der Waals surface area (Å²) in [5.74, 6) is 0.327. The number of hydrogen-bond acceptors (Lipinski definition) is 1. The smallest absolute Gasteiger partial charge is 0.142 e. The van der Waals surface area contributed by atoms with Gasteiger partial charge in [0.2, 0.25) is 0 Å². The fraction of sp³-hybridized carbons (Fsp3) is 0.786. The minimum atomic E-state index is -0.330. The summed E-state index contributed by atoms with van der Waals surface area (Å²) in [6.07, 6.45) is 9.90. The van der Waals surface area contributed by atoms with Crippen molar-refractivity contribution in [1.29, 1.82) is 0 Å². The molecule has 0 N–H and O–H groups in total. The number of Topliss-reactive ketones (excluding diaryl/α,β-unsaturated/α-hetero) is 1. The highest BCUT2D eigenvalue weighted by atomic mass is 16.1. The lowest BCUT2D eigenvalue weighted by Crippen LogP contribution is -2.20. The van der Waals surface area contributed by atoms with E-state index in [-0.39, 0.29) is 5.41 Å². The molecule has 0 aliphatic heterocycles. The first kappa shape index (κ1) is 14.4. The topological polar surface area (TPSA) is 17.1 Å². The molecule has 0 heterocycles. The first-order valence-electron chi connectivity index (χ1n) is 6.21. The molecular weight excluding hydrogens is 184 g/mol. The average Bonchev–Trinajstić information content (AvgIpc) is 2.22. The highest BCUT2D eigenvalue weighted by molar-refractivity contribution is 5.85. The van der Waals surface area contributed by atoms with Crippen molar-refractivity contribution >= 4 is 5.78 Å². The Morgan fingerprint density at radius 3 is 2.20 bits per heavy atom. The molecule has 0 aliphatic rings. The van der Waals surface area contributed by atoms with Crippen molar-refractivity contribution in [2.45, 2.75) is 65.7 Å². The maximum Gasteiger partial charge on any atom is 0.142 e. The van der Waals surface area contributed by atoms with Crippen molar-refractivity contribution in [1.82, 2.24) is 0 Å². The molecule has 0 aromatic heterocycles. The predicted molar refractivity (Wildman–Crippen MR) is 67.0 cm³/mol. The van der Waals surface area contributed by atoms with Crippen LogP contribution in [0.5, 0.6) is 0 Å². The van der Waals surface area contributed by atoms with E-state index in [0.717, 1.165) is 6.42 Å². The SMILES string of the molecule is C=CC(C)(C)C(=O)CCCCCCCC. The molecule has 15 heavy (non-hydrogen) atoms. The molecule has 0 fully saturated rings. The van der Waals surface area contributed by atoms with Crippen molar-refractivity contribution in [2.75, 3.05) is 0 Å². The molecule has 1 heteroatoms. The second-order valence-electron chi connectivity index (χ2n) is 4.87. The number of carbonyl (C=O) groups is 1. The fourth-order valence-corrected chi connectivity index (χ4v) is 1.50. The zero-order valence-corrected chi connectivity index (χ0v) is 10.6. The van der Waals surface area contributed by atoms with Gasteiger partial charge in [0, 0.05) is 11.8 Å². The molecule has 0 spiro atoms. The Morgan fingerprint density at radius 2 is 1.67 bits per heavy atom. The average molecular weight is 210 g/mol. The Labute approximate surface area is 95.0 Å². The van der Waals surface area contributed by atoms with Gasteiger partial charge >= 0.3 is 0 Å². The van der Waals surface area contributed by atoms with Crippen LogP contribution in [-0.2, 0) is 4.79 Å². The number of ketones is 1. The van der Waals surface area contributed by atoms with Crippen molar-refractivity contribution in [2.24, 2.45) is 5.41 Å². The Morgan fingerprint density at radius 1 is 1.13 bits per heavy atom. The lowest BCUT2D eigenvalue weighted by molar-refractivity contribution is -0.125. The number of carbonyl (C=O) groups excluding carboxylic acids is 1. The predicted octanol–water partition coefficient (Wildman–Crippen LogP) is 4.52. The fourth-order valence-electron chi connectivity index (χ4n) is 1.50. The van der Waals surface area contributed by atoms with Crippen molar-refractivity contribution in [3.8, 4) is 0 Å². The van der Waals surface area contributed by atoms with Gasteiger partial charge in [-0.2, -0.15) is 0 Å². The van der Waals surface area contributed by atoms with Crippen LogP contribution in [0.4, 0.5) is 0 Å². The number of allylic oxidation sites excluding steroid dienone is 1. The molecule has 0 aromatic carbocycles. The quantitative estimate of drug-likeness (QED) is 0.404. The summed E-state index contributed by atoms with van der Waals surface area (Å²) in [5, 5.41) is 0. The van der Waals surface area contributed by atoms with Gasteiger partial charge in [-0.05, 0) is 20.3 Å². The molecule has 0 aliphatic carbocycles. The van der Waals surface area contributed by atoms with Crippen LogP contribution in [0.3, 0.4) is 0 Å². The van der Waals surface area contributed by atoms with E-state index >= 15 is 0 Å². The van der Waals surface area contributed by atoms with Crippen LogP contribution in [0.25, 0.3) is 0 Å². The highest BCUT2D eigenvalue weighted by Gasteiger charge is 2.22. The van der Waals surface area contributed by atoms with Crippen LogP contribution in [0.2, 0.25) is 0 Å². The monoisotopic (exact) mass is 210 g/mol. The van der Waals surface area contributed by atoms with E-state index in [0.29, 0.717) is 12.2 Å². The molecule has 0 unspecified atom stereocenters. The van der Waals surface area contributed by atoms with Crippen LogP contribution in [-0.4, -0.2) is 5.78 Å². The molecular formula is C14H26O. The summed E-state index contributed by atoms with van der Waals surface area (Å²) >= 11 is 0. The van der Waals surface area contributed by atoms with Crippen LogP contribution < -0.4 is 0 Å². The third kappa shape index (κ3) is 6.48. The molecule has 0 amide bonds. The minimum Gasteiger partial charge on any atom is -0.299 e. The standard InChI is InChI=1S/C14H26O/c1-5-7-8-9-10-11-12-13(15)14(3,4)6-2/h6H,2,5,7-12H2,1,3-4H3. The molecule has 0 radical (unpaired) electrons. The second kappa shape index (κ2) is 7.67. The molecule has 0 saturated heterocycles. The molecule has 0 aromatic rings. The summed E-state index contributed by atoms with van der Waals surface area (Å²) in [5.41, 5.74) is -0.330. The van der Waals surface area contributed by atoms with E-state index < -0.39 is 0 Å². The van der Waals surface area contributed by atoms with Crippen LogP contribution in [0.1, 0.15) is 65.7 Å². The largest absolute Gasteiger partial charge is 0.299 e. The van der Waals surface area contributed by atoms with Gasteiger partial charge in [-0.1, -0.05) is 45.1 Å². The van der Waals surface area contributed by atoms with Crippen LogP contribution >= 0.6 is 0 Å². The molecule has 0 saturated carbocycles. The number of hydrogen-bond donors (Lipinski definition) is 0. The summed E-state index contributed by atoms with van der Waals surface area (Å²) in [7, 11) is 0. The van der Waals surface area contributed by atoms with Gasteiger partial charge in [-0.15, -0.1) is 6.58 Å². The molecule has 0 atom stereocenters. The third-order valence-corrected chi connectivity index (χ3v) is 2.99. The van der Waals surface area contributed by atoms with Gasteiger partial charge in [-0.25, -0.2) is 0 Å². The summed E-state index contributed by atoms with van der Waals surface area (Å²) in [6.45, 7) is 9.81. The molecule has 1 nitrogen and oxygen atoms in total. The number of unbranched alkanes of at least 4 members (excludes halogenated alkanes) is 5. The lowest BCUT2D eigenvalue weighted by atomic mass is 9.85. The van der Waals surface area contributed by atoms with Gasteiger partial charge in [0.1, 0.15) is 5.78 Å². The Bertz CT molecular complexity index is 192. The van der Waals surface area contributed by atoms with Crippen molar-refractivity contribution < 1.29 is 4.79 Å². The maximum atomic E-state index is 11.7. The third-order valence-electron chi connectivity index (χ3n) is 2.99. The van der Waals surface area contributed by atoms with Gasteiger partial charge in [0.25, 0.3) is 0 Å². The molecule has 0 rings (SSSR count). The summed E-state index contributed by atoms with van der Waals surface area (Å²) in [4.78, 5) is 11.7. The molecule has 0 bridgehead atoms. The van der Waals surface area contributed by atoms with Crippen molar-refractivity contribution in [3.63, 3.8) is 0 Å². The van der Waals surface area contributed by atoms with Gasteiger partial charge < -0.3 is 0 Å². The van der Waals surface area contributed by atoms with Gasteiger partial charge in [0.15, 0.2) is 0 Å². The van der Waals surface area contributed by atoms with Crippen LogP contribution in [0.15, 0.2) is 12.7 Å². The Hall–Kier alpha value is -0.590. The first-order valence-corrected chi connectivity index (χ1v) is 6.21. The Balaban J connectivity index is 3.51. The highest BCUT2D eigenvalue weighted by Crippen LogP contribution is 2.21. The second-order valence-corrected chi connectivity index (χ2v) is 4.87. The minimum absolute atomic E-state index is 0.327. The normalized spacial score (nSPS) is 11.4. The van der Waals surface area contributed by atoms with E-state index in [4.69, 9.17) is 0 Å². The Kier molecular flexibility index (Phi) is 7.37. The zero-order chi connectivity index (χ0) is 11.7. The zero-order valence-electron chi connectivity index (χ0n) is 10.6. The molecule has 88 valence electrons. The number of rotatable bonds is 9. The lowest BCUT2D eigenvalue weighted by Gasteiger charge is -2.17. The van der Waals surface area contributed by atoms with E-state index in [2.05, 4.69) is 13.5 Å². The van der Waals surface area contributed by atoms with E-state index in [1.165, 1.54) is 32.1 Å². The first-order chi connectivity index (χ1) is 7.04. The van der Waals surface area contributed by atoms with Gasteiger partial charge in [0.05, 0.1) is 0 Å². The van der Waals surface area contributed by atoms with Gasteiger partial charge in [-0.3, -0.25) is 4.79 Å². The van der Waals surface area contributed by atoms with E-state index in [1.54, 1.807) is 6.08 Å². The van der Waals surface area contributed by atoms with Crippen molar-refractivity contribution in [3.05, 3.63) is 12.7 Å². The summed E-state index contributed by atoms with van der Waals surface area (Å²) < 4.78 is 0. The maximum absolute atomic E-state index is 11.7.